The third-order valence-corrected chi connectivity index (χ3v) is 2.75. The van der Waals surface area contributed by atoms with Crippen LogP contribution in [0.5, 0.6) is 0 Å². The Morgan fingerprint density at radius 1 is 1.58 bits per heavy atom. The van der Waals surface area contributed by atoms with E-state index in [2.05, 4.69) is 6.92 Å². The average molecular weight is 168 g/mol. The van der Waals surface area contributed by atoms with Gasteiger partial charge in [0.25, 0.3) is 0 Å². The quantitative estimate of drug-likeness (QED) is 0.477. The zero-order valence-corrected chi connectivity index (χ0v) is 7.49. The highest BCUT2D eigenvalue weighted by Gasteiger charge is 2.41. The Bertz CT molecular complexity index is 198. The number of hydrogen-bond acceptors (Lipinski definition) is 2. The van der Waals surface area contributed by atoms with Gasteiger partial charge in [-0.1, -0.05) is 13.0 Å². The lowest BCUT2D eigenvalue weighted by Gasteiger charge is -2.10. The van der Waals surface area contributed by atoms with Crippen molar-refractivity contribution in [2.45, 2.75) is 50.9 Å². The summed E-state index contributed by atoms with van der Waals surface area (Å²) in [6, 6.07) is 0. The van der Waals surface area contributed by atoms with Crippen molar-refractivity contribution < 1.29 is 9.84 Å². The molecule has 1 heterocycles. The highest BCUT2D eigenvalue weighted by molar-refractivity contribution is 5.19. The normalized spacial score (nSPS) is 45.2. The molecule has 2 heteroatoms. The third kappa shape index (κ3) is 1.54. The van der Waals surface area contributed by atoms with Gasteiger partial charge in [-0.2, -0.15) is 0 Å². The SMILES string of the molecule is CC/C1=C/[C@H](O)CCC[C@H]2O[C@@H]12. The predicted octanol–water partition coefficient (Wildman–Crippen LogP) is 1.64. The van der Waals surface area contributed by atoms with Crippen LogP contribution in [0.25, 0.3) is 0 Å². The summed E-state index contributed by atoms with van der Waals surface area (Å²) in [5.74, 6) is 0. The number of epoxide rings is 1. The molecule has 1 saturated heterocycles. The lowest BCUT2D eigenvalue weighted by atomic mass is 9.97. The number of aliphatic hydroxyl groups is 1. The molecule has 0 radical (unpaired) electrons. The lowest BCUT2D eigenvalue weighted by molar-refractivity contribution is 0.205. The molecule has 1 N–H and O–H groups in total. The molecule has 12 heavy (non-hydrogen) atoms. The van der Waals surface area contributed by atoms with Gasteiger partial charge in [0.2, 0.25) is 0 Å². The summed E-state index contributed by atoms with van der Waals surface area (Å²) in [6.45, 7) is 2.12. The van der Waals surface area contributed by atoms with Crippen molar-refractivity contribution in [3.8, 4) is 0 Å². The Morgan fingerprint density at radius 2 is 2.42 bits per heavy atom. The summed E-state index contributed by atoms with van der Waals surface area (Å²) in [6.07, 6.45) is 6.71. The Morgan fingerprint density at radius 3 is 3.17 bits per heavy atom. The Hall–Kier alpha value is -0.340. The van der Waals surface area contributed by atoms with Crippen LogP contribution in [0.2, 0.25) is 0 Å². The summed E-state index contributed by atoms with van der Waals surface area (Å²) in [5, 5.41) is 9.52. The first kappa shape index (κ1) is 8.27. The molecule has 0 saturated carbocycles. The summed E-state index contributed by atoms with van der Waals surface area (Å²) in [7, 11) is 0. The Kier molecular flexibility index (Phi) is 2.20. The second-order valence-electron chi connectivity index (χ2n) is 3.69. The van der Waals surface area contributed by atoms with Crippen molar-refractivity contribution in [2.24, 2.45) is 0 Å². The maximum absolute atomic E-state index is 9.52. The van der Waals surface area contributed by atoms with Gasteiger partial charge in [0.1, 0.15) is 6.10 Å². The van der Waals surface area contributed by atoms with Crippen LogP contribution in [0.1, 0.15) is 32.6 Å². The maximum Gasteiger partial charge on any atom is 0.105 e. The fraction of sp³-hybridized carbons (Fsp3) is 0.800. The first-order chi connectivity index (χ1) is 5.81. The monoisotopic (exact) mass is 168 g/mol. The van der Waals surface area contributed by atoms with E-state index in [9.17, 15) is 5.11 Å². The average Bonchev–Trinajstić information content (AvgIpc) is 2.76. The third-order valence-electron chi connectivity index (χ3n) is 2.75. The van der Waals surface area contributed by atoms with Crippen LogP contribution in [0.4, 0.5) is 0 Å². The highest BCUT2D eigenvalue weighted by Crippen LogP contribution is 2.36. The van der Waals surface area contributed by atoms with Gasteiger partial charge in [-0.15, -0.1) is 0 Å². The van der Waals surface area contributed by atoms with Crippen LogP contribution in [0, 0.1) is 0 Å². The molecule has 1 fully saturated rings. The van der Waals surface area contributed by atoms with E-state index in [0.717, 1.165) is 25.7 Å². The van der Waals surface area contributed by atoms with E-state index in [1.165, 1.54) is 5.57 Å². The van der Waals surface area contributed by atoms with Crippen LogP contribution in [0.15, 0.2) is 11.6 Å². The van der Waals surface area contributed by atoms with Crippen molar-refractivity contribution in [2.75, 3.05) is 0 Å². The van der Waals surface area contributed by atoms with E-state index in [1.807, 2.05) is 6.08 Å². The topological polar surface area (TPSA) is 32.8 Å². The molecule has 2 aliphatic rings. The van der Waals surface area contributed by atoms with Crippen molar-refractivity contribution in [3.63, 3.8) is 0 Å². The van der Waals surface area contributed by atoms with E-state index in [-0.39, 0.29) is 6.10 Å². The minimum Gasteiger partial charge on any atom is -0.389 e. The number of rotatable bonds is 1. The smallest absolute Gasteiger partial charge is 0.105 e. The molecule has 0 bridgehead atoms. The number of fused-ring (bicyclic) bond motifs is 1. The lowest BCUT2D eigenvalue weighted by Crippen LogP contribution is -2.10. The van der Waals surface area contributed by atoms with Crippen molar-refractivity contribution in [1.29, 1.82) is 0 Å². The van der Waals surface area contributed by atoms with Gasteiger partial charge in [-0.25, -0.2) is 0 Å². The summed E-state index contributed by atoms with van der Waals surface area (Å²) >= 11 is 0. The van der Waals surface area contributed by atoms with Gasteiger partial charge in [-0.05, 0) is 31.3 Å². The Labute approximate surface area is 73.2 Å². The molecule has 3 atom stereocenters. The molecule has 0 unspecified atom stereocenters. The second-order valence-corrected chi connectivity index (χ2v) is 3.69. The van der Waals surface area contributed by atoms with Crippen molar-refractivity contribution >= 4 is 0 Å². The molecule has 0 aromatic heterocycles. The molecule has 0 amide bonds. The Balaban J connectivity index is 2.09. The van der Waals surface area contributed by atoms with Crippen LogP contribution < -0.4 is 0 Å². The fourth-order valence-electron chi connectivity index (χ4n) is 1.96. The predicted molar refractivity (Wildman–Crippen MR) is 46.9 cm³/mol. The second kappa shape index (κ2) is 3.19. The van der Waals surface area contributed by atoms with Gasteiger partial charge in [-0.3, -0.25) is 0 Å². The maximum atomic E-state index is 9.52. The molecule has 1 aliphatic carbocycles. The summed E-state index contributed by atoms with van der Waals surface area (Å²) in [5.41, 5.74) is 1.30. The first-order valence-electron chi connectivity index (χ1n) is 4.85. The van der Waals surface area contributed by atoms with Gasteiger partial charge in [0.15, 0.2) is 0 Å². The molecule has 68 valence electrons. The van der Waals surface area contributed by atoms with Crippen molar-refractivity contribution in [1.82, 2.24) is 0 Å². The molecule has 2 rings (SSSR count). The minimum absolute atomic E-state index is 0.231. The van der Waals surface area contributed by atoms with E-state index in [1.54, 1.807) is 0 Å². The van der Waals surface area contributed by atoms with Gasteiger partial charge in [0.05, 0.1) is 12.2 Å². The largest absolute Gasteiger partial charge is 0.389 e. The van der Waals surface area contributed by atoms with Gasteiger partial charge in [0, 0.05) is 0 Å². The zero-order valence-electron chi connectivity index (χ0n) is 7.49. The number of hydrogen-bond donors (Lipinski definition) is 1. The van der Waals surface area contributed by atoms with Crippen LogP contribution in [-0.2, 0) is 4.74 Å². The van der Waals surface area contributed by atoms with E-state index in [0.29, 0.717) is 12.2 Å². The fourth-order valence-corrected chi connectivity index (χ4v) is 1.96. The van der Waals surface area contributed by atoms with Gasteiger partial charge >= 0.3 is 0 Å². The molecule has 0 spiro atoms. The summed E-state index contributed by atoms with van der Waals surface area (Å²) in [4.78, 5) is 0. The molecular formula is C10H16O2. The number of ether oxygens (including phenoxy) is 1. The molecular weight excluding hydrogens is 152 g/mol. The van der Waals surface area contributed by atoms with E-state index < -0.39 is 0 Å². The van der Waals surface area contributed by atoms with E-state index in [4.69, 9.17) is 4.74 Å². The number of aliphatic hydroxyl groups excluding tert-OH is 1. The van der Waals surface area contributed by atoms with Crippen LogP contribution in [-0.4, -0.2) is 23.4 Å². The van der Waals surface area contributed by atoms with Crippen LogP contribution in [0.3, 0.4) is 0 Å². The molecule has 2 nitrogen and oxygen atoms in total. The minimum atomic E-state index is -0.231. The molecule has 0 aromatic rings. The molecule has 0 aromatic carbocycles. The molecule has 1 aliphatic heterocycles. The van der Waals surface area contributed by atoms with Crippen LogP contribution >= 0.6 is 0 Å². The standard InChI is InChI=1S/C10H16O2/c1-2-7-6-8(11)4-3-5-9-10(7)12-9/h6,8-11H,2-5H2,1H3/b7-6-/t8-,9-,10+/m1/s1. The van der Waals surface area contributed by atoms with E-state index >= 15 is 0 Å². The summed E-state index contributed by atoms with van der Waals surface area (Å²) < 4.78 is 5.51. The highest BCUT2D eigenvalue weighted by atomic mass is 16.6. The first-order valence-corrected chi connectivity index (χ1v) is 4.85. The van der Waals surface area contributed by atoms with Crippen molar-refractivity contribution in [3.05, 3.63) is 11.6 Å². The zero-order chi connectivity index (χ0) is 8.55. The van der Waals surface area contributed by atoms with Gasteiger partial charge < -0.3 is 9.84 Å².